The van der Waals surface area contributed by atoms with Gasteiger partial charge in [-0.1, -0.05) is 24.3 Å². The monoisotopic (exact) mass is 384 g/mol. The molecule has 2 aliphatic heterocycles. The first-order chi connectivity index (χ1) is 13.1. The number of ether oxygens (including phenoxy) is 1. The van der Waals surface area contributed by atoms with Crippen molar-refractivity contribution in [2.45, 2.75) is 36.4 Å². The van der Waals surface area contributed by atoms with Crippen LogP contribution in [0.25, 0.3) is 0 Å². The first-order valence-electron chi connectivity index (χ1n) is 9.59. The van der Waals surface area contributed by atoms with Crippen LogP contribution in [0.3, 0.4) is 0 Å². The molecule has 1 N–H and O–H groups in total. The number of nitrogens with zero attached hydrogens (tertiary/aromatic N) is 3. The van der Waals surface area contributed by atoms with Crippen LogP contribution in [0.2, 0.25) is 0 Å². The average molecular weight is 385 g/mol. The molecule has 142 valence electrons. The number of piperazine rings is 1. The minimum Gasteiger partial charge on any atom is -0.470 e. The highest BCUT2D eigenvalue weighted by molar-refractivity contribution is 7.84. The van der Waals surface area contributed by atoms with Crippen molar-refractivity contribution in [3.63, 3.8) is 0 Å². The maximum atomic E-state index is 12.2. The van der Waals surface area contributed by atoms with E-state index in [1.165, 1.54) is 11.1 Å². The fourth-order valence-electron chi connectivity index (χ4n) is 4.52. The maximum absolute atomic E-state index is 12.2. The molecule has 7 heteroatoms. The molecule has 0 bridgehead atoms. The second-order valence-corrected chi connectivity index (χ2v) is 8.99. The molecule has 1 fully saturated rings. The maximum Gasteiger partial charge on any atom is 0.223 e. The Kier molecular flexibility index (Phi) is 4.16. The van der Waals surface area contributed by atoms with E-state index in [-0.39, 0.29) is 5.60 Å². The highest BCUT2D eigenvalue weighted by Gasteiger charge is 2.43. The lowest BCUT2D eigenvalue weighted by Gasteiger charge is -2.37. The van der Waals surface area contributed by atoms with Crippen LogP contribution in [0.5, 0.6) is 5.88 Å². The molecule has 1 unspecified atom stereocenters. The Morgan fingerprint density at radius 1 is 1.15 bits per heavy atom. The summed E-state index contributed by atoms with van der Waals surface area (Å²) >= 11 is 0. The van der Waals surface area contributed by atoms with Gasteiger partial charge in [0, 0.05) is 45.3 Å². The molecule has 3 aliphatic rings. The fraction of sp³-hybridized carbons (Fsp3) is 0.500. The highest BCUT2D eigenvalue weighted by Crippen LogP contribution is 2.43. The zero-order chi connectivity index (χ0) is 18.4. The van der Waals surface area contributed by atoms with Gasteiger partial charge >= 0.3 is 0 Å². The second kappa shape index (κ2) is 6.56. The Morgan fingerprint density at radius 2 is 1.85 bits per heavy atom. The second-order valence-electron chi connectivity index (χ2n) is 7.71. The quantitative estimate of drug-likeness (QED) is 0.792. The summed E-state index contributed by atoms with van der Waals surface area (Å²) in [5.41, 5.74) is 3.60. The van der Waals surface area contributed by atoms with Gasteiger partial charge in [0.05, 0.1) is 16.4 Å². The van der Waals surface area contributed by atoms with Crippen molar-refractivity contribution in [3.05, 3.63) is 41.0 Å². The predicted octanol–water partition coefficient (Wildman–Crippen LogP) is 1.49. The van der Waals surface area contributed by atoms with E-state index in [1.807, 2.05) is 0 Å². The number of nitrogens with one attached hydrogen (secondary N) is 1. The summed E-state index contributed by atoms with van der Waals surface area (Å²) in [4.78, 5) is 11.5. The van der Waals surface area contributed by atoms with Gasteiger partial charge < -0.3 is 15.0 Å². The third kappa shape index (κ3) is 3.02. The Bertz CT molecular complexity index is 886. The largest absolute Gasteiger partial charge is 0.470 e. The lowest BCUT2D eigenvalue weighted by atomic mass is 9.89. The van der Waals surface area contributed by atoms with Crippen LogP contribution in [0.1, 0.15) is 23.1 Å². The molecule has 0 saturated carbocycles. The molecule has 1 aliphatic carbocycles. The molecule has 1 spiro atoms. The van der Waals surface area contributed by atoms with Gasteiger partial charge in [0.25, 0.3) is 0 Å². The van der Waals surface area contributed by atoms with Crippen molar-refractivity contribution >= 4 is 16.6 Å². The first kappa shape index (κ1) is 17.1. The molecule has 1 atom stereocenters. The smallest absolute Gasteiger partial charge is 0.223 e. The summed E-state index contributed by atoms with van der Waals surface area (Å²) in [6, 6.07) is 8.58. The number of hydrogen-bond acceptors (Lipinski definition) is 6. The summed E-state index contributed by atoms with van der Waals surface area (Å²) in [5, 5.41) is 3.75. The van der Waals surface area contributed by atoms with E-state index in [1.54, 1.807) is 6.26 Å². The molecule has 1 aromatic carbocycles. The number of benzene rings is 1. The van der Waals surface area contributed by atoms with Gasteiger partial charge in [0.1, 0.15) is 11.4 Å². The lowest BCUT2D eigenvalue weighted by molar-refractivity contribution is 0.0499. The third-order valence-corrected chi connectivity index (χ3v) is 6.58. The van der Waals surface area contributed by atoms with Crippen molar-refractivity contribution < 1.29 is 8.95 Å². The number of aromatic nitrogens is 2. The van der Waals surface area contributed by atoms with Gasteiger partial charge in [-0.25, -0.2) is 4.98 Å². The Morgan fingerprint density at radius 3 is 2.52 bits per heavy atom. The molecule has 5 rings (SSSR count). The molecule has 3 heterocycles. The zero-order valence-electron chi connectivity index (χ0n) is 15.5. The fourth-order valence-corrected chi connectivity index (χ4v) is 4.95. The van der Waals surface area contributed by atoms with Crippen LogP contribution in [0.15, 0.2) is 29.4 Å². The number of anilines is 1. The van der Waals surface area contributed by atoms with E-state index in [0.29, 0.717) is 11.0 Å². The van der Waals surface area contributed by atoms with Crippen molar-refractivity contribution in [3.8, 4) is 5.88 Å². The Hall–Kier alpha value is -1.99. The molecule has 1 saturated heterocycles. The summed E-state index contributed by atoms with van der Waals surface area (Å²) in [5.74, 6) is 1.56. The minimum absolute atomic E-state index is 0.224. The molecular formula is C20H24N4O2S. The molecule has 2 aromatic rings. The normalized spacial score (nSPS) is 21.4. The average Bonchev–Trinajstić information content (AvgIpc) is 3.04. The van der Waals surface area contributed by atoms with E-state index < -0.39 is 10.8 Å². The highest BCUT2D eigenvalue weighted by atomic mass is 32.2. The molecule has 0 radical (unpaired) electrons. The topological polar surface area (TPSA) is 67.4 Å². The zero-order valence-corrected chi connectivity index (χ0v) is 16.3. The molecule has 1 aromatic heterocycles. The summed E-state index contributed by atoms with van der Waals surface area (Å²) in [6.07, 6.45) is 5.33. The van der Waals surface area contributed by atoms with Gasteiger partial charge in [-0.05, 0) is 24.0 Å². The van der Waals surface area contributed by atoms with Crippen LogP contribution >= 0.6 is 0 Å². The van der Waals surface area contributed by atoms with Crippen LogP contribution in [-0.4, -0.2) is 52.2 Å². The first-order valence-corrected chi connectivity index (χ1v) is 11.2. The predicted molar refractivity (Wildman–Crippen MR) is 105 cm³/mol. The summed E-state index contributed by atoms with van der Waals surface area (Å²) < 4.78 is 18.7. The van der Waals surface area contributed by atoms with Crippen LogP contribution in [0, 0.1) is 0 Å². The lowest BCUT2D eigenvalue weighted by Crippen LogP contribution is -2.46. The SMILES string of the molecule is CS(=O)c1nc2c(c(N3CCNCC3)n1)CCC1(Cc3ccccc3C1)O2. The van der Waals surface area contributed by atoms with Crippen LogP contribution < -0.4 is 15.0 Å². The Labute approximate surface area is 161 Å². The van der Waals surface area contributed by atoms with Crippen molar-refractivity contribution in [2.75, 3.05) is 37.3 Å². The van der Waals surface area contributed by atoms with E-state index >= 15 is 0 Å². The number of rotatable bonds is 2. The molecular weight excluding hydrogens is 360 g/mol. The van der Waals surface area contributed by atoms with Crippen LogP contribution in [-0.2, 0) is 30.1 Å². The molecule has 0 amide bonds. The summed E-state index contributed by atoms with van der Waals surface area (Å²) in [7, 11) is -1.24. The Balaban J connectivity index is 1.53. The van der Waals surface area contributed by atoms with Gasteiger partial charge in [0.2, 0.25) is 11.0 Å². The van der Waals surface area contributed by atoms with Crippen molar-refractivity contribution in [2.24, 2.45) is 0 Å². The van der Waals surface area contributed by atoms with Crippen LogP contribution in [0.4, 0.5) is 5.82 Å². The van der Waals surface area contributed by atoms with Crippen molar-refractivity contribution in [1.29, 1.82) is 0 Å². The van der Waals surface area contributed by atoms with E-state index in [0.717, 1.165) is 63.2 Å². The van der Waals surface area contributed by atoms with E-state index in [2.05, 4.69) is 44.5 Å². The standard InChI is InChI=1S/C20H24N4O2S/c1-27(25)19-22-17(24-10-8-21-9-11-24)16-6-7-20(26-18(16)23-19)12-14-4-2-3-5-15(14)13-20/h2-5,21H,6-13H2,1H3. The van der Waals surface area contributed by atoms with Gasteiger partial charge in [-0.2, -0.15) is 4.98 Å². The van der Waals surface area contributed by atoms with E-state index in [4.69, 9.17) is 4.74 Å². The van der Waals surface area contributed by atoms with Gasteiger partial charge in [0.15, 0.2) is 0 Å². The number of hydrogen-bond donors (Lipinski definition) is 1. The van der Waals surface area contributed by atoms with E-state index in [9.17, 15) is 4.21 Å². The summed E-state index contributed by atoms with van der Waals surface area (Å²) in [6.45, 7) is 3.67. The number of fused-ring (bicyclic) bond motifs is 2. The van der Waals surface area contributed by atoms with Crippen molar-refractivity contribution in [1.82, 2.24) is 15.3 Å². The molecule has 6 nitrogen and oxygen atoms in total. The minimum atomic E-state index is -1.24. The van der Waals surface area contributed by atoms with Gasteiger partial charge in [-0.15, -0.1) is 0 Å². The third-order valence-electron chi connectivity index (χ3n) is 5.89. The molecule has 27 heavy (non-hydrogen) atoms. The van der Waals surface area contributed by atoms with Gasteiger partial charge in [-0.3, -0.25) is 4.21 Å².